The van der Waals surface area contributed by atoms with Crippen LogP contribution in [0.1, 0.15) is 38.5 Å². The van der Waals surface area contributed by atoms with Gasteiger partial charge < -0.3 is 19.9 Å². The predicted molar refractivity (Wildman–Crippen MR) is 89.0 cm³/mol. The molecule has 5 heteroatoms. The molecule has 22 heavy (non-hydrogen) atoms. The molecule has 2 saturated heterocycles. The summed E-state index contributed by atoms with van der Waals surface area (Å²) in [6, 6.07) is 0. The molecule has 0 bridgehead atoms. The van der Waals surface area contributed by atoms with Crippen LogP contribution in [0.5, 0.6) is 0 Å². The van der Waals surface area contributed by atoms with Crippen molar-refractivity contribution in [2.24, 2.45) is 5.92 Å². The first-order chi connectivity index (χ1) is 10.8. The number of amides is 1. The van der Waals surface area contributed by atoms with E-state index in [1.807, 2.05) is 0 Å². The zero-order valence-corrected chi connectivity index (χ0v) is 14.2. The first kappa shape index (κ1) is 17.7. The van der Waals surface area contributed by atoms with Crippen molar-refractivity contribution < 1.29 is 9.53 Å². The molecule has 5 nitrogen and oxygen atoms in total. The van der Waals surface area contributed by atoms with Crippen molar-refractivity contribution in [3.63, 3.8) is 0 Å². The predicted octanol–water partition coefficient (Wildman–Crippen LogP) is 1.34. The van der Waals surface area contributed by atoms with Crippen LogP contribution < -0.4 is 5.32 Å². The van der Waals surface area contributed by atoms with E-state index in [4.69, 9.17) is 4.74 Å². The van der Waals surface area contributed by atoms with Gasteiger partial charge in [0.1, 0.15) is 0 Å². The van der Waals surface area contributed by atoms with Crippen molar-refractivity contribution in [2.45, 2.75) is 38.5 Å². The van der Waals surface area contributed by atoms with Crippen molar-refractivity contribution in [3.05, 3.63) is 0 Å². The van der Waals surface area contributed by atoms with Crippen molar-refractivity contribution >= 4 is 5.91 Å². The van der Waals surface area contributed by atoms with Crippen LogP contribution in [0.25, 0.3) is 0 Å². The number of nitrogens with zero attached hydrogens (tertiary/aromatic N) is 2. The normalized spacial score (nSPS) is 24.2. The highest BCUT2D eigenvalue weighted by Gasteiger charge is 2.25. The van der Waals surface area contributed by atoms with Gasteiger partial charge in [-0.2, -0.15) is 0 Å². The molecule has 0 spiro atoms. The Labute approximate surface area is 135 Å². The lowest BCUT2D eigenvalue weighted by Gasteiger charge is -2.35. The molecule has 1 atom stereocenters. The monoisotopic (exact) mass is 311 g/mol. The molecule has 0 aromatic carbocycles. The lowest BCUT2D eigenvalue weighted by atomic mass is 9.97. The summed E-state index contributed by atoms with van der Waals surface area (Å²) < 4.78 is 4.99. The van der Waals surface area contributed by atoms with Gasteiger partial charge in [0.2, 0.25) is 5.91 Å². The van der Waals surface area contributed by atoms with E-state index in [0.717, 1.165) is 26.1 Å². The topological polar surface area (TPSA) is 44.8 Å². The number of ether oxygens (including phenoxy) is 1. The van der Waals surface area contributed by atoms with Gasteiger partial charge in [-0.15, -0.1) is 0 Å². The molecular weight excluding hydrogens is 278 g/mol. The summed E-state index contributed by atoms with van der Waals surface area (Å²) in [6.07, 6.45) is 7.90. The van der Waals surface area contributed by atoms with Crippen LogP contribution in [0.3, 0.4) is 0 Å². The highest BCUT2D eigenvalue weighted by atomic mass is 16.5. The number of nitrogens with one attached hydrogen (secondary N) is 1. The number of rotatable bonds is 7. The number of hydrogen-bond donors (Lipinski definition) is 1. The zero-order chi connectivity index (χ0) is 15.6. The smallest absolute Gasteiger partial charge is 0.236 e. The molecule has 2 rings (SSSR count). The molecule has 2 fully saturated rings. The third-order valence-electron chi connectivity index (χ3n) is 4.85. The van der Waals surface area contributed by atoms with E-state index in [-0.39, 0.29) is 5.91 Å². The second-order valence-corrected chi connectivity index (χ2v) is 6.73. The third kappa shape index (κ3) is 6.23. The molecule has 1 unspecified atom stereocenters. The minimum absolute atomic E-state index is 0.247. The summed E-state index contributed by atoms with van der Waals surface area (Å²) in [4.78, 5) is 17.0. The maximum absolute atomic E-state index is 12.3. The summed E-state index contributed by atoms with van der Waals surface area (Å²) in [5.74, 6) is 0.909. The molecule has 1 N–H and O–H groups in total. The first-order valence-electron chi connectivity index (χ1n) is 8.99. The quantitative estimate of drug-likeness (QED) is 0.721. The number of hydrogen-bond acceptors (Lipinski definition) is 4. The standard InChI is InChI=1S/C17H33N3O2/c1-22-12-8-18-13-17(21)20-11-6-7-16(15-20)14-19-9-4-2-3-5-10-19/h16,18H,2-15H2,1H3. The summed E-state index contributed by atoms with van der Waals surface area (Å²) >= 11 is 0. The third-order valence-corrected chi connectivity index (χ3v) is 4.85. The number of likely N-dealkylation sites (tertiary alicyclic amines) is 2. The van der Waals surface area contributed by atoms with Gasteiger partial charge in [-0.25, -0.2) is 0 Å². The van der Waals surface area contributed by atoms with Gasteiger partial charge in [0.15, 0.2) is 0 Å². The van der Waals surface area contributed by atoms with Crippen LogP contribution in [0.2, 0.25) is 0 Å². The highest BCUT2D eigenvalue weighted by molar-refractivity contribution is 5.78. The van der Waals surface area contributed by atoms with E-state index in [1.165, 1.54) is 51.7 Å². The largest absolute Gasteiger partial charge is 0.383 e. The van der Waals surface area contributed by atoms with E-state index in [0.29, 0.717) is 19.1 Å². The zero-order valence-electron chi connectivity index (χ0n) is 14.2. The summed E-state index contributed by atoms with van der Waals surface area (Å²) in [6.45, 7) is 7.41. The maximum atomic E-state index is 12.3. The van der Waals surface area contributed by atoms with Crippen LogP contribution in [-0.2, 0) is 9.53 Å². The molecule has 2 aliphatic rings. The molecule has 2 aliphatic heterocycles. The molecular formula is C17H33N3O2. The Hall–Kier alpha value is -0.650. The second-order valence-electron chi connectivity index (χ2n) is 6.73. The van der Waals surface area contributed by atoms with Crippen molar-refractivity contribution in [3.8, 4) is 0 Å². The second kappa shape index (κ2) is 10.2. The van der Waals surface area contributed by atoms with Gasteiger partial charge in [-0.3, -0.25) is 4.79 Å². The molecule has 0 aromatic rings. The molecule has 0 radical (unpaired) electrons. The van der Waals surface area contributed by atoms with Gasteiger partial charge in [-0.05, 0) is 44.7 Å². The minimum Gasteiger partial charge on any atom is -0.383 e. The average molecular weight is 311 g/mol. The molecule has 128 valence electrons. The summed E-state index contributed by atoms with van der Waals surface area (Å²) in [5.41, 5.74) is 0. The molecule has 0 saturated carbocycles. The van der Waals surface area contributed by atoms with Crippen LogP contribution in [0.4, 0.5) is 0 Å². The Morgan fingerprint density at radius 2 is 1.91 bits per heavy atom. The summed E-state index contributed by atoms with van der Waals surface area (Å²) in [5, 5.41) is 3.16. The van der Waals surface area contributed by atoms with Crippen molar-refractivity contribution in [1.82, 2.24) is 15.1 Å². The van der Waals surface area contributed by atoms with E-state index in [1.54, 1.807) is 7.11 Å². The van der Waals surface area contributed by atoms with E-state index < -0.39 is 0 Å². The Morgan fingerprint density at radius 3 is 2.64 bits per heavy atom. The number of carbonyl (C=O) groups is 1. The van der Waals surface area contributed by atoms with E-state index >= 15 is 0 Å². The number of methoxy groups -OCH3 is 1. The average Bonchev–Trinajstić information content (AvgIpc) is 2.80. The van der Waals surface area contributed by atoms with Gasteiger partial charge in [0.05, 0.1) is 13.2 Å². The fourth-order valence-electron chi connectivity index (χ4n) is 3.61. The van der Waals surface area contributed by atoms with Gasteiger partial charge in [-0.1, -0.05) is 12.8 Å². The van der Waals surface area contributed by atoms with Crippen molar-refractivity contribution in [2.75, 3.05) is 59.5 Å². The van der Waals surface area contributed by atoms with E-state index in [9.17, 15) is 4.79 Å². The van der Waals surface area contributed by atoms with Crippen molar-refractivity contribution in [1.29, 1.82) is 0 Å². The minimum atomic E-state index is 0.247. The maximum Gasteiger partial charge on any atom is 0.236 e. The van der Waals surface area contributed by atoms with Gasteiger partial charge in [0, 0.05) is 33.3 Å². The van der Waals surface area contributed by atoms with Crippen LogP contribution in [0, 0.1) is 5.92 Å². The Bertz CT molecular complexity index is 317. The summed E-state index contributed by atoms with van der Waals surface area (Å²) in [7, 11) is 1.68. The lowest BCUT2D eigenvalue weighted by molar-refractivity contribution is -0.132. The Morgan fingerprint density at radius 1 is 1.14 bits per heavy atom. The molecule has 0 aliphatic carbocycles. The SMILES string of the molecule is COCCNCC(=O)N1CCCC(CN2CCCCCC2)C1. The van der Waals surface area contributed by atoms with E-state index in [2.05, 4.69) is 15.1 Å². The van der Waals surface area contributed by atoms with Crippen LogP contribution in [-0.4, -0.2) is 75.2 Å². The Balaban J connectivity index is 1.69. The fraction of sp³-hybridized carbons (Fsp3) is 0.941. The lowest BCUT2D eigenvalue weighted by Crippen LogP contribution is -2.46. The highest BCUT2D eigenvalue weighted by Crippen LogP contribution is 2.19. The Kier molecular flexibility index (Phi) is 8.20. The molecule has 2 heterocycles. The van der Waals surface area contributed by atoms with Crippen LogP contribution in [0.15, 0.2) is 0 Å². The fourth-order valence-corrected chi connectivity index (χ4v) is 3.61. The van der Waals surface area contributed by atoms with Gasteiger partial charge >= 0.3 is 0 Å². The molecule has 1 amide bonds. The first-order valence-corrected chi connectivity index (χ1v) is 8.99. The number of carbonyl (C=O) groups excluding carboxylic acids is 1. The van der Waals surface area contributed by atoms with Crippen LogP contribution >= 0.6 is 0 Å². The number of piperidine rings is 1. The molecule has 0 aromatic heterocycles. The van der Waals surface area contributed by atoms with Gasteiger partial charge in [0.25, 0.3) is 0 Å².